The third-order valence-corrected chi connectivity index (χ3v) is 2.25. The molecular formula is C9H21ClN4O. The number of rotatable bonds is 3. The maximum absolute atomic E-state index is 10.6. The first-order valence-corrected chi connectivity index (χ1v) is 4.94. The second-order valence-electron chi connectivity index (χ2n) is 4.72. The highest BCUT2D eigenvalue weighted by Gasteiger charge is 2.26. The van der Waals surface area contributed by atoms with Crippen molar-refractivity contribution < 1.29 is 4.79 Å². The van der Waals surface area contributed by atoms with Crippen molar-refractivity contribution in [1.29, 1.82) is 0 Å². The van der Waals surface area contributed by atoms with Gasteiger partial charge in [-0.25, -0.2) is 4.79 Å². The van der Waals surface area contributed by atoms with Gasteiger partial charge in [0, 0.05) is 31.2 Å². The van der Waals surface area contributed by atoms with Crippen LogP contribution in [0, 0.1) is 0 Å². The minimum absolute atomic E-state index is 0. The maximum atomic E-state index is 10.6. The lowest BCUT2D eigenvalue weighted by atomic mass is 10.1. The molecule has 0 aromatic carbocycles. The average Bonchev–Trinajstić information content (AvgIpc) is 2.30. The largest absolute Gasteiger partial charge is 0.352 e. The van der Waals surface area contributed by atoms with Gasteiger partial charge < -0.3 is 16.8 Å². The molecule has 1 atom stereocenters. The van der Waals surface area contributed by atoms with Crippen LogP contribution in [0.15, 0.2) is 0 Å². The van der Waals surface area contributed by atoms with Gasteiger partial charge in [0.2, 0.25) is 0 Å². The summed E-state index contributed by atoms with van der Waals surface area (Å²) in [5.41, 5.74) is 10.8. The van der Waals surface area contributed by atoms with Gasteiger partial charge in [-0.15, -0.1) is 12.4 Å². The number of halogens is 1. The Labute approximate surface area is 97.0 Å². The number of amides is 2. The smallest absolute Gasteiger partial charge is 0.312 e. The Kier molecular flexibility index (Phi) is 5.34. The summed E-state index contributed by atoms with van der Waals surface area (Å²) in [5, 5.41) is 2.71. The third-order valence-electron chi connectivity index (χ3n) is 2.25. The van der Waals surface area contributed by atoms with Crippen molar-refractivity contribution in [2.45, 2.75) is 31.8 Å². The molecule has 1 rings (SSSR count). The quantitative estimate of drug-likeness (QED) is 0.639. The van der Waals surface area contributed by atoms with E-state index in [2.05, 4.69) is 10.2 Å². The third kappa shape index (κ3) is 5.81. The molecule has 6 heteroatoms. The molecule has 1 saturated heterocycles. The van der Waals surface area contributed by atoms with E-state index in [1.54, 1.807) is 0 Å². The van der Waals surface area contributed by atoms with Crippen LogP contribution in [0.2, 0.25) is 0 Å². The standard InChI is InChI=1S/C9H20N4O.ClH/c1-9(2,11)6-13-4-3-7(5-13)12-8(10)14;/h7H,3-6,11H2,1-2H3,(H3,10,12,14);1H. The van der Waals surface area contributed by atoms with Crippen LogP contribution in [0.5, 0.6) is 0 Å². The van der Waals surface area contributed by atoms with Crippen molar-refractivity contribution >= 4 is 18.4 Å². The van der Waals surface area contributed by atoms with Crippen LogP contribution in [0.3, 0.4) is 0 Å². The Morgan fingerprint density at radius 1 is 1.60 bits per heavy atom. The van der Waals surface area contributed by atoms with Crippen LogP contribution < -0.4 is 16.8 Å². The molecule has 1 unspecified atom stereocenters. The van der Waals surface area contributed by atoms with E-state index in [-0.39, 0.29) is 24.0 Å². The average molecular weight is 237 g/mol. The van der Waals surface area contributed by atoms with Gasteiger partial charge in [0.25, 0.3) is 0 Å². The van der Waals surface area contributed by atoms with E-state index in [0.717, 1.165) is 26.1 Å². The number of hydrogen-bond donors (Lipinski definition) is 3. The molecule has 5 nitrogen and oxygen atoms in total. The van der Waals surface area contributed by atoms with Gasteiger partial charge in [-0.1, -0.05) is 0 Å². The first-order chi connectivity index (χ1) is 6.37. The van der Waals surface area contributed by atoms with Crippen molar-refractivity contribution in [3.8, 4) is 0 Å². The highest BCUT2D eigenvalue weighted by molar-refractivity contribution is 5.85. The number of primary amides is 1. The molecular weight excluding hydrogens is 216 g/mol. The molecule has 90 valence electrons. The fourth-order valence-corrected chi connectivity index (χ4v) is 1.87. The topological polar surface area (TPSA) is 84.4 Å². The number of carbonyl (C=O) groups excluding carboxylic acids is 1. The van der Waals surface area contributed by atoms with E-state index in [4.69, 9.17) is 11.5 Å². The van der Waals surface area contributed by atoms with Crippen molar-refractivity contribution in [2.75, 3.05) is 19.6 Å². The van der Waals surface area contributed by atoms with Crippen molar-refractivity contribution in [2.24, 2.45) is 11.5 Å². The van der Waals surface area contributed by atoms with E-state index >= 15 is 0 Å². The van der Waals surface area contributed by atoms with Gasteiger partial charge in [0.15, 0.2) is 0 Å². The molecule has 0 radical (unpaired) electrons. The van der Waals surface area contributed by atoms with Gasteiger partial charge in [0.05, 0.1) is 0 Å². The first-order valence-electron chi connectivity index (χ1n) is 4.94. The van der Waals surface area contributed by atoms with E-state index in [9.17, 15) is 4.79 Å². The lowest BCUT2D eigenvalue weighted by Crippen LogP contribution is -2.46. The Balaban J connectivity index is 0.00000196. The zero-order valence-corrected chi connectivity index (χ0v) is 10.1. The second-order valence-corrected chi connectivity index (χ2v) is 4.72. The summed E-state index contributed by atoms with van der Waals surface area (Å²) in [6.45, 7) is 6.68. The van der Waals surface area contributed by atoms with E-state index in [1.165, 1.54) is 0 Å². The molecule has 2 amide bonds. The van der Waals surface area contributed by atoms with E-state index < -0.39 is 6.03 Å². The van der Waals surface area contributed by atoms with Gasteiger partial charge in [-0.2, -0.15) is 0 Å². The summed E-state index contributed by atoms with van der Waals surface area (Å²) in [6, 6.07) is -0.251. The van der Waals surface area contributed by atoms with Crippen LogP contribution in [0.4, 0.5) is 4.79 Å². The van der Waals surface area contributed by atoms with Crippen LogP contribution >= 0.6 is 12.4 Å². The minimum Gasteiger partial charge on any atom is -0.352 e. The maximum Gasteiger partial charge on any atom is 0.312 e. The number of nitrogens with two attached hydrogens (primary N) is 2. The highest BCUT2D eigenvalue weighted by Crippen LogP contribution is 2.11. The molecule has 1 fully saturated rings. The molecule has 1 aliphatic rings. The number of urea groups is 1. The first kappa shape index (κ1) is 14.5. The number of likely N-dealkylation sites (tertiary alicyclic amines) is 1. The zero-order valence-electron chi connectivity index (χ0n) is 9.32. The molecule has 1 aliphatic heterocycles. The summed E-state index contributed by atoms with van der Waals surface area (Å²) in [6.07, 6.45) is 0.957. The van der Waals surface area contributed by atoms with Crippen LogP contribution in [0.1, 0.15) is 20.3 Å². The Morgan fingerprint density at radius 2 is 2.20 bits per heavy atom. The fraction of sp³-hybridized carbons (Fsp3) is 0.889. The lowest BCUT2D eigenvalue weighted by molar-refractivity contribution is 0.241. The normalized spacial score (nSPS) is 22.2. The second kappa shape index (κ2) is 5.53. The van der Waals surface area contributed by atoms with E-state index in [1.807, 2.05) is 13.8 Å². The molecule has 0 spiro atoms. The molecule has 0 aliphatic carbocycles. The highest BCUT2D eigenvalue weighted by atomic mass is 35.5. The van der Waals surface area contributed by atoms with Crippen LogP contribution in [-0.4, -0.2) is 42.1 Å². The number of hydrogen-bond acceptors (Lipinski definition) is 3. The molecule has 0 aromatic rings. The summed E-state index contributed by atoms with van der Waals surface area (Å²) in [4.78, 5) is 12.9. The number of nitrogens with one attached hydrogen (secondary N) is 1. The van der Waals surface area contributed by atoms with Gasteiger partial charge in [-0.3, -0.25) is 4.90 Å². The molecule has 5 N–H and O–H groups in total. The predicted molar refractivity (Wildman–Crippen MR) is 63.1 cm³/mol. The SMILES string of the molecule is CC(C)(N)CN1CCC(NC(N)=O)C1.Cl. The van der Waals surface area contributed by atoms with Crippen molar-refractivity contribution in [1.82, 2.24) is 10.2 Å². The number of nitrogens with zero attached hydrogens (tertiary/aromatic N) is 1. The molecule has 0 bridgehead atoms. The fourth-order valence-electron chi connectivity index (χ4n) is 1.87. The van der Waals surface area contributed by atoms with Crippen molar-refractivity contribution in [3.63, 3.8) is 0 Å². The molecule has 1 heterocycles. The van der Waals surface area contributed by atoms with Crippen LogP contribution in [-0.2, 0) is 0 Å². The Bertz CT molecular complexity index is 217. The number of carbonyl (C=O) groups is 1. The van der Waals surface area contributed by atoms with Gasteiger partial charge in [-0.05, 0) is 20.3 Å². The Morgan fingerprint density at radius 3 is 2.67 bits per heavy atom. The predicted octanol–water partition coefficient (Wildman–Crippen LogP) is -0.112. The molecule has 0 saturated carbocycles. The summed E-state index contributed by atoms with van der Waals surface area (Å²) in [7, 11) is 0. The summed E-state index contributed by atoms with van der Waals surface area (Å²) in [5.74, 6) is 0. The monoisotopic (exact) mass is 236 g/mol. The lowest BCUT2D eigenvalue weighted by Gasteiger charge is -2.26. The minimum atomic E-state index is -0.441. The molecule has 15 heavy (non-hydrogen) atoms. The Hall–Kier alpha value is -0.520. The van der Waals surface area contributed by atoms with E-state index in [0.29, 0.717) is 0 Å². The summed E-state index contributed by atoms with van der Waals surface area (Å²) < 4.78 is 0. The summed E-state index contributed by atoms with van der Waals surface area (Å²) >= 11 is 0. The van der Waals surface area contributed by atoms with Crippen molar-refractivity contribution in [3.05, 3.63) is 0 Å². The van der Waals surface area contributed by atoms with Crippen LogP contribution in [0.25, 0.3) is 0 Å². The van der Waals surface area contributed by atoms with Gasteiger partial charge in [0.1, 0.15) is 0 Å². The zero-order chi connectivity index (χ0) is 10.8. The van der Waals surface area contributed by atoms with Gasteiger partial charge >= 0.3 is 6.03 Å². The molecule has 0 aromatic heterocycles.